The molecule has 2 aromatic carbocycles. The van der Waals surface area contributed by atoms with Gasteiger partial charge in [0.2, 0.25) is 0 Å². The fourth-order valence-electron chi connectivity index (χ4n) is 4.57. The number of hydrogen-bond acceptors (Lipinski definition) is 5. The van der Waals surface area contributed by atoms with Crippen molar-refractivity contribution >= 4 is 26.6 Å². The first-order valence-electron chi connectivity index (χ1n) is 12.4. The molecule has 0 aliphatic heterocycles. The van der Waals surface area contributed by atoms with Crippen molar-refractivity contribution in [1.29, 1.82) is 5.26 Å². The number of rotatable bonds is 12. The summed E-state index contributed by atoms with van der Waals surface area (Å²) in [4.78, 5) is 0. The molecule has 1 aromatic heterocycles. The Morgan fingerprint density at radius 1 is 1.11 bits per heavy atom. The van der Waals surface area contributed by atoms with Gasteiger partial charge >= 0.3 is 0 Å². The molecular weight excluding hydrogens is 462 g/mol. The van der Waals surface area contributed by atoms with Gasteiger partial charge in [0.05, 0.1) is 23.4 Å². The third-order valence-corrected chi connectivity index (χ3v) is 8.03. The summed E-state index contributed by atoms with van der Waals surface area (Å²) in [6.07, 6.45) is 4.72. The zero-order valence-electron chi connectivity index (χ0n) is 20.5. The Kier molecular flexibility index (Phi) is 8.11. The number of sulfonamides is 1. The van der Waals surface area contributed by atoms with Gasteiger partial charge in [-0.15, -0.1) is 0 Å². The topological polar surface area (TPSA) is 97.9 Å². The van der Waals surface area contributed by atoms with Crippen molar-refractivity contribution in [3.8, 4) is 23.1 Å². The van der Waals surface area contributed by atoms with Crippen LogP contribution in [0.15, 0.2) is 42.5 Å². The van der Waals surface area contributed by atoms with Crippen LogP contribution in [0.3, 0.4) is 0 Å². The number of ether oxygens (including phenoxy) is 2. The Morgan fingerprint density at radius 2 is 1.89 bits per heavy atom. The van der Waals surface area contributed by atoms with Gasteiger partial charge in [0.25, 0.3) is 10.0 Å². The SMILES string of the molecule is CCCS(=O)(=O)[NH2+]c1ccc(-c2c(C#N)c3ccc(OCCCOCC)cc3n2C2CCC2)cc1. The van der Waals surface area contributed by atoms with Crippen molar-refractivity contribution in [2.75, 3.05) is 25.6 Å². The molecule has 1 fully saturated rings. The summed E-state index contributed by atoms with van der Waals surface area (Å²) < 4.78 is 39.4. The molecule has 3 aromatic rings. The van der Waals surface area contributed by atoms with Gasteiger partial charge in [-0.1, -0.05) is 6.92 Å². The van der Waals surface area contributed by atoms with Gasteiger partial charge in [-0.2, -0.15) is 13.7 Å². The number of quaternary nitrogens is 1. The molecule has 0 amide bonds. The summed E-state index contributed by atoms with van der Waals surface area (Å²) in [5.74, 6) is 0.924. The second kappa shape index (κ2) is 11.3. The highest BCUT2D eigenvalue weighted by Gasteiger charge is 2.28. The molecule has 4 rings (SSSR count). The van der Waals surface area contributed by atoms with Crippen LogP contribution in [0.1, 0.15) is 57.6 Å². The second-order valence-electron chi connectivity index (χ2n) is 8.97. The van der Waals surface area contributed by atoms with E-state index in [4.69, 9.17) is 9.47 Å². The number of aromatic nitrogens is 1. The van der Waals surface area contributed by atoms with Crippen LogP contribution in [0.4, 0.5) is 5.69 Å². The molecule has 7 nitrogen and oxygen atoms in total. The summed E-state index contributed by atoms with van der Waals surface area (Å²) >= 11 is 0. The lowest BCUT2D eigenvalue weighted by Crippen LogP contribution is -2.82. The highest BCUT2D eigenvalue weighted by molar-refractivity contribution is 7.84. The Hall–Kier alpha value is -2.86. The van der Waals surface area contributed by atoms with Crippen molar-refractivity contribution < 1.29 is 22.6 Å². The fraction of sp³-hybridized carbons (Fsp3) is 0.444. The number of nitrogens with two attached hydrogens (primary N) is 1. The number of fused-ring (bicyclic) bond motifs is 1. The predicted molar refractivity (Wildman–Crippen MR) is 137 cm³/mol. The van der Waals surface area contributed by atoms with Crippen LogP contribution in [0, 0.1) is 11.3 Å². The molecule has 8 heteroatoms. The average Bonchev–Trinajstić information content (AvgIpc) is 3.11. The Morgan fingerprint density at radius 3 is 2.51 bits per heavy atom. The van der Waals surface area contributed by atoms with Gasteiger partial charge in [0.15, 0.2) is 0 Å². The van der Waals surface area contributed by atoms with Crippen molar-refractivity contribution in [1.82, 2.24) is 4.57 Å². The molecule has 35 heavy (non-hydrogen) atoms. The van der Waals surface area contributed by atoms with Gasteiger partial charge in [0.1, 0.15) is 23.3 Å². The molecular formula is C27H34N3O4S+. The van der Waals surface area contributed by atoms with E-state index in [-0.39, 0.29) is 5.75 Å². The number of nitriles is 1. The van der Waals surface area contributed by atoms with Crippen molar-refractivity contribution in [3.63, 3.8) is 0 Å². The van der Waals surface area contributed by atoms with Crippen LogP contribution in [0.2, 0.25) is 0 Å². The molecule has 2 N–H and O–H groups in total. The van der Waals surface area contributed by atoms with Crippen molar-refractivity contribution in [3.05, 3.63) is 48.0 Å². The zero-order chi connectivity index (χ0) is 24.8. The summed E-state index contributed by atoms with van der Waals surface area (Å²) in [6, 6.07) is 16.2. The lowest BCUT2D eigenvalue weighted by atomic mass is 9.92. The first-order chi connectivity index (χ1) is 17.0. The molecule has 0 atom stereocenters. The number of benzene rings is 2. The van der Waals surface area contributed by atoms with Gasteiger partial charge in [-0.25, -0.2) is 4.72 Å². The molecule has 1 heterocycles. The molecule has 0 bridgehead atoms. The summed E-state index contributed by atoms with van der Waals surface area (Å²) in [5.41, 5.74) is 4.10. The first kappa shape index (κ1) is 25.2. The van der Waals surface area contributed by atoms with Crippen LogP contribution in [-0.2, 0) is 14.8 Å². The Bertz CT molecular complexity index is 1300. The van der Waals surface area contributed by atoms with Crippen molar-refractivity contribution in [2.24, 2.45) is 0 Å². The van der Waals surface area contributed by atoms with E-state index < -0.39 is 10.0 Å². The van der Waals surface area contributed by atoms with Crippen LogP contribution >= 0.6 is 0 Å². The largest absolute Gasteiger partial charge is 0.493 e. The van der Waals surface area contributed by atoms with E-state index in [1.165, 1.54) is 11.1 Å². The van der Waals surface area contributed by atoms with Gasteiger partial charge in [-0.3, -0.25) is 0 Å². The molecule has 186 valence electrons. The van der Waals surface area contributed by atoms with Gasteiger partial charge < -0.3 is 14.0 Å². The minimum atomic E-state index is -3.23. The fourth-order valence-corrected chi connectivity index (χ4v) is 5.83. The standard InChI is InChI=1S/C27H33N3O4S/c1-3-17-35(31,32)29-21-11-9-20(10-12-21)27-25(19-28)24-14-13-23(34-16-6-15-33-4-2)18-26(24)30(27)22-7-5-8-22/h9-14,18,22,29H,3-8,15-17H2,1-2H3/p+1. The van der Waals surface area contributed by atoms with Crippen molar-refractivity contribution in [2.45, 2.75) is 52.0 Å². The maximum atomic E-state index is 12.2. The van der Waals surface area contributed by atoms with E-state index in [0.717, 1.165) is 47.2 Å². The maximum Gasteiger partial charge on any atom is 0.298 e. The second-order valence-corrected chi connectivity index (χ2v) is 10.9. The Labute approximate surface area is 207 Å². The van der Waals surface area contributed by atoms with E-state index >= 15 is 0 Å². The van der Waals surface area contributed by atoms with Crippen LogP contribution in [0.5, 0.6) is 5.75 Å². The molecule has 1 saturated carbocycles. The Balaban J connectivity index is 1.69. The highest BCUT2D eigenvalue weighted by Crippen LogP contribution is 2.43. The maximum absolute atomic E-state index is 12.2. The minimum absolute atomic E-state index is 0.138. The zero-order valence-corrected chi connectivity index (χ0v) is 21.3. The third-order valence-electron chi connectivity index (χ3n) is 6.42. The normalized spacial score (nSPS) is 14.1. The minimum Gasteiger partial charge on any atom is -0.493 e. The lowest BCUT2D eigenvalue weighted by Gasteiger charge is -2.30. The molecule has 0 unspecified atom stereocenters. The monoisotopic (exact) mass is 496 g/mol. The van der Waals surface area contributed by atoms with E-state index in [0.29, 0.717) is 43.5 Å². The molecule has 0 saturated heterocycles. The smallest absolute Gasteiger partial charge is 0.298 e. The average molecular weight is 497 g/mol. The summed E-state index contributed by atoms with van der Waals surface area (Å²) in [5, 5.41) is 11.0. The number of primary sulfonamides is 1. The van der Waals surface area contributed by atoms with Crippen LogP contribution in [0.25, 0.3) is 22.2 Å². The number of hydrogen-bond donors (Lipinski definition) is 1. The van der Waals surface area contributed by atoms with E-state index in [1.807, 2.05) is 56.3 Å². The lowest BCUT2D eigenvalue weighted by molar-refractivity contribution is -0.397. The first-order valence-corrected chi connectivity index (χ1v) is 14.2. The van der Waals surface area contributed by atoms with Gasteiger partial charge in [0, 0.05) is 49.3 Å². The van der Waals surface area contributed by atoms with Gasteiger partial charge in [-0.05, 0) is 62.4 Å². The predicted octanol–water partition coefficient (Wildman–Crippen LogP) is 4.65. The number of nitrogens with zero attached hydrogens (tertiary/aromatic N) is 2. The molecule has 0 spiro atoms. The van der Waals surface area contributed by atoms with E-state index in [1.54, 1.807) is 0 Å². The summed E-state index contributed by atoms with van der Waals surface area (Å²) in [6.45, 7) is 5.79. The summed E-state index contributed by atoms with van der Waals surface area (Å²) in [7, 11) is -3.23. The van der Waals surface area contributed by atoms with Crippen LogP contribution < -0.4 is 9.46 Å². The van der Waals surface area contributed by atoms with E-state index in [9.17, 15) is 13.7 Å². The quantitative estimate of drug-likeness (QED) is 0.291. The van der Waals surface area contributed by atoms with E-state index in [2.05, 4.69) is 10.6 Å². The highest BCUT2D eigenvalue weighted by atomic mass is 32.2. The molecule has 1 aliphatic rings. The van der Waals surface area contributed by atoms with Crippen LogP contribution in [-0.4, -0.2) is 38.6 Å². The third kappa shape index (κ3) is 5.69. The molecule has 1 aliphatic carbocycles. The molecule has 0 radical (unpaired) electrons.